The number of rotatable bonds is 8. The molecule has 0 aliphatic carbocycles. The number of carbonyl (C=O) groups excluding carboxylic acids is 1. The Labute approximate surface area is 129 Å². The van der Waals surface area contributed by atoms with Crippen LogP contribution in [0.5, 0.6) is 5.75 Å². The number of nitrogens with one attached hydrogen (secondary N) is 2. The first-order valence-electron chi connectivity index (χ1n) is 6.48. The molecule has 1 aromatic carbocycles. The van der Waals surface area contributed by atoms with Crippen molar-refractivity contribution >= 4 is 33.2 Å². The van der Waals surface area contributed by atoms with Crippen LogP contribution in [0.2, 0.25) is 5.02 Å². The predicted molar refractivity (Wildman–Crippen MR) is 83.3 cm³/mol. The highest BCUT2D eigenvalue weighted by Crippen LogP contribution is 2.27. The molecule has 0 saturated heterocycles. The second kappa shape index (κ2) is 8.21. The van der Waals surface area contributed by atoms with Gasteiger partial charge in [0.1, 0.15) is 5.75 Å². The van der Waals surface area contributed by atoms with Gasteiger partial charge in [0.15, 0.2) is 0 Å². The van der Waals surface area contributed by atoms with Gasteiger partial charge in [0.2, 0.25) is 15.9 Å². The van der Waals surface area contributed by atoms with Crippen molar-refractivity contribution in [3.05, 3.63) is 23.2 Å². The summed E-state index contributed by atoms with van der Waals surface area (Å²) >= 11 is 6.04. The number of carbonyl (C=O) groups is 1. The summed E-state index contributed by atoms with van der Waals surface area (Å²) in [6.45, 7) is 2.62. The lowest BCUT2D eigenvalue weighted by atomic mass is 10.3. The molecule has 1 aromatic rings. The van der Waals surface area contributed by atoms with Crippen LogP contribution in [-0.4, -0.2) is 33.7 Å². The second-order valence-corrected chi connectivity index (χ2v) is 6.70. The molecule has 0 aromatic heterocycles. The van der Waals surface area contributed by atoms with Crippen molar-refractivity contribution in [2.75, 3.05) is 24.7 Å². The van der Waals surface area contributed by atoms with E-state index in [1.54, 1.807) is 18.2 Å². The fraction of sp³-hybridized carbons (Fsp3) is 0.462. The smallest absolute Gasteiger partial charge is 0.225 e. The molecule has 1 rings (SSSR count). The summed E-state index contributed by atoms with van der Waals surface area (Å²) in [5.74, 6) is 0.264. The first-order valence-corrected chi connectivity index (χ1v) is 8.75. The van der Waals surface area contributed by atoms with Crippen LogP contribution in [0.15, 0.2) is 18.2 Å². The summed E-state index contributed by atoms with van der Waals surface area (Å²) in [5.41, 5.74) is 0.535. The second-order valence-electron chi connectivity index (χ2n) is 4.46. The molecular formula is C13H19ClN2O4S. The van der Waals surface area contributed by atoms with Gasteiger partial charge < -0.3 is 10.1 Å². The van der Waals surface area contributed by atoms with Crippen LogP contribution >= 0.6 is 11.6 Å². The normalized spacial score (nSPS) is 11.2. The summed E-state index contributed by atoms with van der Waals surface area (Å²) in [6, 6.07) is 4.95. The zero-order valence-electron chi connectivity index (χ0n) is 12.0. The Morgan fingerprint density at radius 2 is 2.10 bits per heavy atom. The first-order chi connectivity index (χ1) is 9.81. The molecule has 0 radical (unpaired) electrons. The van der Waals surface area contributed by atoms with Crippen molar-refractivity contribution in [3.8, 4) is 5.75 Å². The van der Waals surface area contributed by atoms with E-state index >= 15 is 0 Å². The molecular weight excluding hydrogens is 316 g/mol. The molecule has 118 valence electrons. The molecule has 0 fully saturated rings. The number of sulfonamides is 1. The Bertz CT molecular complexity index is 590. The van der Waals surface area contributed by atoms with Gasteiger partial charge >= 0.3 is 0 Å². The molecule has 0 heterocycles. The number of hydrogen-bond acceptors (Lipinski definition) is 4. The van der Waals surface area contributed by atoms with E-state index in [-0.39, 0.29) is 18.9 Å². The van der Waals surface area contributed by atoms with Crippen LogP contribution in [-0.2, 0) is 14.8 Å². The number of benzene rings is 1. The van der Waals surface area contributed by atoms with E-state index < -0.39 is 10.0 Å². The van der Waals surface area contributed by atoms with Gasteiger partial charge in [0, 0.05) is 18.7 Å². The fourth-order valence-corrected chi connectivity index (χ4v) is 2.19. The van der Waals surface area contributed by atoms with Crippen molar-refractivity contribution in [2.45, 2.75) is 19.8 Å². The molecule has 1 amide bonds. The molecule has 8 heteroatoms. The number of halogens is 1. The minimum absolute atomic E-state index is 0.0405. The standard InChI is InChI=1S/C13H19ClN2O4S/c1-3-8-20-12-5-4-10(9-11(12)14)16-13(17)6-7-15-21(2,18)19/h4-5,9,15H,3,6-8H2,1-2H3,(H,16,17). The minimum Gasteiger partial charge on any atom is -0.492 e. The maximum absolute atomic E-state index is 11.6. The molecule has 0 unspecified atom stereocenters. The van der Waals surface area contributed by atoms with Crippen molar-refractivity contribution in [3.63, 3.8) is 0 Å². The topological polar surface area (TPSA) is 84.5 Å². The lowest BCUT2D eigenvalue weighted by Crippen LogP contribution is -2.26. The Morgan fingerprint density at radius 1 is 1.38 bits per heavy atom. The predicted octanol–water partition coefficient (Wildman–Crippen LogP) is 2.01. The molecule has 0 bridgehead atoms. The third-order valence-corrected chi connectivity index (χ3v) is 3.42. The molecule has 0 aliphatic rings. The average molecular weight is 335 g/mol. The zero-order valence-corrected chi connectivity index (χ0v) is 13.6. The Hall–Kier alpha value is -1.31. The van der Waals surface area contributed by atoms with Gasteiger partial charge in [0.25, 0.3) is 0 Å². The highest BCUT2D eigenvalue weighted by atomic mass is 35.5. The van der Waals surface area contributed by atoms with E-state index in [1.165, 1.54) is 0 Å². The van der Waals surface area contributed by atoms with Gasteiger partial charge in [-0.25, -0.2) is 13.1 Å². The number of anilines is 1. The van der Waals surface area contributed by atoms with Crippen LogP contribution in [0.4, 0.5) is 5.69 Å². The maximum atomic E-state index is 11.6. The molecule has 0 atom stereocenters. The van der Waals surface area contributed by atoms with Gasteiger partial charge in [-0.05, 0) is 24.6 Å². The van der Waals surface area contributed by atoms with E-state index in [4.69, 9.17) is 16.3 Å². The fourth-order valence-electron chi connectivity index (χ4n) is 1.48. The molecule has 0 aliphatic heterocycles. The SMILES string of the molecule is CCCOc1ccc(NC(=O)CCNS(C)(=O)=O)cc1Cl. The maximum Gasteiger partial charge on any atom is 0.225 e. The van der Waals surface area contributed by atoms with E-state index in [9.17, 15) is 13.2 Å². The van der Waals surface area contributed by atoms with E-state index in [1.807, 2.05) is 6.92 Å². The number of ether oxygens (including phenoxy) is 1. The van der Waals surface area contributed by atoms with Crippen molar-refractivity contribution in [1.29, 1.82) is 0 Å². The van der Waals surface area contributed by atoms with Gasteiger partial charge in [0.05, 0.1) is 17.9 Å². The third-order valence-electron chi connectivity index (χ3n) is 2.39. The van der Waals surface area contributed by atoms with E-state index in [0.717, 1.165) is 12.7 Å². The summed E-state index contributed by atoms with van der Waals surface area (Å²) in [7, 11) is -3.28. The summed E-state index contributed by atoms with van der Waals surface area (Å²) in [6.07, 6.45) is 1.96. The minimum atomic E-state index is -3.28. The highest BCUT2D eigenvalue weighted by molar-refractivity contribution is 7.88. The highest BCUT2D eigenvalue weighted by Gasteiger charge is 2.07. The van der Waals surface area contributed by atoms with Gasteiger partial charge in [-0.2, -0.15) is 0 Å². The van der Waals surface area contributed by atoms with Crippen LogP contribution < -0.4 is 14.8 Å². The Balaban J connectivity index is 2.51. The zero-order chi connectivity index (χ0) is 15.9. The first kappa shape index (κ1) is 17.7. The van der Waals surface area contributed by atoms with Crippen LogP contribution in [0.3, 0.4) is 0 Å². The van der Waals surface area contributed by atoms with Gasteiger partial charge in [-0.15, -0.1) is 0 Å². The molecule has 0 spiro atoms. The van der Waals surface area contributed by atoms with Crippen LogP contribution in [0, 0.1) is 0 Å². The number of hydrogen-bond donors (Lipinski definition) is 2. The third kappa shape index (κ3) is 7.31. The van der Waals surface area contributed by atoms with Crippen molar-refractivity contribution in [1.82, 2.24) is 4.72 Å². The van der Waals surface area contributed by atoms with Crippen LogP contribution in [0.25, 0.3) is 0 Å². The quantitative estimate of drug-likeness (QED) is 0.761. The molecule has 6 nitrogen and oxygen atoms in total. The largest absolute Gasteiger partial charge is 0.492 e. The molecule has 2 N–H and O–H groups in total. The van der Waals surface area contributed by atoms with Gasteiger partial charge in [-0.3, -0.25) is 4.79 Å². The summed E-state index contributed by atoms with van der Waals surface area (Å²) in [4.78, 5) is 11.6. The number of amides is 1. The van der Waals surface area contributed by atoms with E-state index in [0.29, 0.717) is 23.1 Å². The average Bonchev–Trinajstić information content (AvgIpc) is 2.36. The Morgan fingerprint density at radius 3 is 2.67 bits per heavy atom. The van der Waals surface area contributed by atoms with Crippen LogP contribution in [0.1, 0.15) is 19.8 Å². The summed E-state index contributed by atoms with van der Waals surface area (Å²) < 4.78 is 29.4. The summed E-state index contributed by atoms with van der Waals surface area (Å²) in [5, 5.41) is 3.05. The van der Waals surface area contributed by atoms with Crippen molar-refractivity contribution in [2.24, 2.45) is 0 Å². The molecule has 0 saturated carbocycles. The lowest BCUT2D eigenvalue weighted by Gasteiger charge is -2.10. The molecule has 21 heavy (non-hydrogen) atoms. The van der Waals surface area contributed by atoms with Crippen molar-refractivity contribution < 1.29 is 17.9 Å². The monoisotopic (exact) mass is 334 g/mol. The lowest BCUT2D eigenvalue weighted by molar-refractivity contribution is -0.116. The van der Waals surface area contributed by atoms with E-state index in [2.05, 4.69) is 10.0 Å². The Kier molecular flexibility index (Phi) is 6.94. The van der Waals surface area contributed by atoms with Gasteiger partial charge in [-0.1, -0.05) is 18.5 Å².